The number of aryl methyl sites for hydroxylation is 1. The zero-order valence-corrected chi connectivity index (χ0v) is 19.3. The molecule has 7 heteroatoms. The first-order valence-electron chi connectivity index (χ1n) is 11.6. The van der Waals surface area contributed by atoms with Gasteiger partial charge < -0.3 is 5.11 Å². The van der Waals surface area contributed by atoms with E-state index in [1.807, 2.05) is 48.5 Å². The molecule has 34 heavy (non-hydrogen) atoms. The van der Waals surface area contributed by atoms with Crippen LogP contribution in [0.5, 0.6) is 0 Å². The maximum atomic E-state index is 13.4. The first kappa shape index (κ1) is 23.4. The summed E-state index contributed by atoms with van der Waals surface area (Å²) in [4.78, 5) is 42.4. The van der Waals surface area contributed by atoms with E-state index in [9.17, 15) is 19.5 Å². The Morgan fingerprint density at radius 3 is 2.59 bits per heavy atom. The van der Waals surface area contributed by atoms with Crippen molar-refractivity contribution in [1.82, 2.24) is 15.0 Å². The second kappa shape index (κ2) is 10.5. The minimum absolute atomic E-state index is 0.0957. The number of amides is 2. The summed E-state index contributed by atoms with van der Waals surface area (Å²) in [5.41, 5.74) is 1.75. The fourth-order valence-electron chi connectivity index (χ4n) is 4.76. The molecule has 2 atom stereocenters. The Kier molecular flexibility index (Phi) is 7.21. The normalized spacial score (nSPS) is 16.9. The number of pyridine rings is 1. The van der Waals surface area contributed by atoms with Crippen molar-refractivity contribution in [2.45, 2.75) is 38.5 Å². The Morgan fingerprint density at radius 1 is 1.12 bits per heavy atom. The van der Waals surface area contributed by atoms with E-state index in [0.717, 1.165) is 35.6 Å². The van der Waals surface area contributed by atoms with Gasteiger partial charge in [-0.05, 0) is 59.7 Å². The van der Waals surface area contributed by atoms with Crippen molar-refractivity contribution in [2.75, 3.05) is 13.1 Å². The van der Waals surface area contributed by atoms with E-state index in [-0.39, 0.29) is 24.3 Å². The molecule has 7 nitrogen and oxygen atoms in total. The van der Waals surface area contributed by atoms with Crippen LogP contribution in [0.2, 0.25) is 0 Å². The number of carbonyl (C=O) groups excluding carboxylic acids is 2. The van der Waals surface area contributed by atoms with Gasteiger partial charge in [-0.3, -0.25) is 29.4 Å². The number of benzene rings is 2. The number of hydrogen-bond donors (Lipinski definition) is 1. The van der Waals surface area contributed by atoms with Crippen LogP contribution in [0, 0.1) is 5.92 Å². The lowest BCUT2D eigenvalue weighted by Gasteiger charge is -2.40. The second-order valence-electron chi connectivity index (χ2n) is 8.75. The second-order valence-corrected chi connectivity index (χ2v) is 8.75. The molecule has 1 aliphatic rings. The van der Waals surface area contributed by atoms with Gasteiger partial charge >= 0.3 is 5.97 Å². The molecule has 0 saturated carbocycles. The third-order valence-corrected chi connectivity index (χ3v) is 6.56. The zero-order chi connectivity index (χ0) is 24.1. The summed E-state index contributed by atoms with van der Waals surface area (Å²) >= 11 is 0. The van der Waals surface area contributed by atoms with Crippen molar-refractivity contribution >= 4 is 28.6 Å². The quantitative estimate of drug-likeness (QED) is 0.549. The molecule has 176 valence electrons. The maximum Gasteiger partial charge on any atom is 0.312 e. The fraction of sp³-hybridized carbons (Fsp3) is 0.333. The maximum absolute atomic E-state index is 13.4. The fourth-order valence-corrected chi connectivity index (χ4v) is 4.76. The highest BCUT2D eigenvalue weighted by Crippen LogP contribution is 2.29. The minimum atomic E-state index is -1.03. The molecular formula is C27H29N3O4. The number of hydrazine groups is 1. The average Bonchev–Trinajstić information content (AvgIpc) is 2.84. The summed E-state index contributed by atoms with van der Waals surface area (Å²) in [6, 6.07) is 17.0. The SMILES string of the molecule is CC(=O)N(C[C@H](C(=O)O)c1cccc2ccccc12)N1CCC[C@@H](CCc2ccncc2)C1=O. The number of carboxylic acid groups (broad SMARTS) is 1. The summed E-state index contributed by atoms with van der Waals surface area (Å²) in [7, 11) is 0. The Labute approximate surface area is 199 Å². The first-order chi connectivity index (χ1) is 16.5. The number of hydrogen-bond acceptors (Lipinski definition) is 4. The lowest BCUT2D eigenvalue weighted by Crippen LogP contribution is -2.55. The molecular weight excluding hydrogens is 430 g/mol. The summed E-state index contributed by atoms with van der Waals surface area (Å²) in [6.45, 7) is 1.70. The molecule has 0 unspecified atom stereocenters. The molecule has 2 aromatic carbocycles. The van der Waals surface area contributed by atoms with Crippen molar-refractivity contribution in [3.8, 4) is 0 Å². The highest BCUT2D eigenvalue weighted by molar-refractivity contribution is 5.91. The molecule has 1 aromatic heterocycles. The molecule has 1 N–H and O–H groups in total. The highest BCUT2D eigenvalue weighted by atomic mass is 16.4. The van der Waals surface area contributed by atoms with Crippen LogP contribution in [-0.2, 0) is 20.8 Å². The minimum Gasteiger partial charge on any atom is -0.481 e. The summed E-state index contributed by atoms with van der Waals surface area (Å²) in [5, 5.41) is 14.7. The molecule has 2 amide bonds. The van der Waals surface area contributed by atoms with Gasteiger partial charge in [0, 0.05) is 31.8 Å². The summed E-state index contributed by atoms with van der Waals surface area (Å²) in [6.07, 6.45) is 6.43. The van der Waals surface area contributed by atoms with Crippen LogP contribution in [0.3, 0.4) is 0 Å². The van der Waals surface area contributed by atoms with Crippen LogP contribution in [0.1, 0.15) is 43.2 Å². The first-order valence-corrected chi connectivity index (χ1v) is 11.6. The molecule has 3 aromatic rings. The number of rotatable bonds is 8. The predicted molar refractivity (Wildman–Crippen MR) is 129 cm³/mol. The Balaban J connectivity index is 1.56. The van der Waals surface area contributed by atoms with Crippen LogP contribution in [0.25, 0.3) is 10.8 Å². The molecule has 2 heterocycles. The van der Waals surface area contributed by atoms with Gasteiger partial charge in [0.25, 0.3) is 0 Å². The van der Waals surface area contributed by atoms with Crippen molar-refractivity contribution in [2.24, 2.45) is 5.92 Å². The van der Waals surface area contributed by atoms with E-state index >= 15 is 0 Å². The van der Waals surface area contributed by atoms with Crippen LogP contribution in [0.15, 0.2) is 67.0 Å². The van der Waals surface area contributed by atoms with Crippen molar-refractivity contribution in [3.63, 3.8) is 0 Å². The number of aromatic nitrogens is 1. The smallest absolute Gasteiger partial charge is 0.312 e. The van der Waals surface area contributed by atoms with E-state index in [1.54, 1.807) is 18.5 Å². The molecule has 1 aliphatic heterocycles. The molecule has 0 bridgehead atoms. The van der Waals surface area contributed by atoms with E-state index in [0.29, 0.717) is 18.5 Å². The average molecular weight is 460 g/mol. The van der Waals surface area contributed by atoms with E-state index in [1.165, 1.54) is 16.9 Å². The molecule has 0 aliphatic carbocycles. The van der Waals surface area contributed by atoms with Gasteiger partial charge in [0.1, 0.15) is 5.92 Å². The summed E-state index contributed by atoms with van der Waals surface area (Å²) < 4.78 is 0. The molecule has 0 radical (unpaired) electrons. The van der Waals surface area contributed by atoms with Crippen LogP contribution in [-0.4, -0.2) is 51.0 Å². The largest absolute Gasteiger partial charge is 0.481 e. The lowest BCUT2D eigenvalue weighted by molar-refractivity contribution is -0.171. The third-order valence-electron chi connectivity index (χ3n) is 6.56. The van der Waals surface area contributed by atoms with Crippen LogP contribution < -0.4 is 0 Å². The van der Waals surface area contributed by atoms with Gasteiger partial charge in [0.15, 0.2) is 0 Å². The van der Waals surface area contributed by atoms with Crippen molar-refractivity contribution in [3.05, 3.63) is 78.1 Å². The Bertz CT molecular complexity index is 1180. The monoisotopic (exact) mass is 459 g/mol. The number of piperidine rings is 1. The molecule has 0 spiro atoms. The van der Waals surface area contributed by atoms with E-state index in [4.69, 9.17) is 0 Å². The van der Waals surface area contributed by atoms with Gasteiger partial charge in [-0.15, -0.1) is 0 Å². The van der Waals surface area contributed by atoms with Crippen LogP contribution in [0.4, 0.5) is 0 Å². The lowest BCUT2D eigenvalue weighted by atomic mass is 9.91. The molecule has 1 fully saturated rings. The third kappa shape index (κ3) is 5.09. The van der Waals surface area contributed by atoms with E-state index < -0.39 is 11.9 Å². The number of carboxylic acids is 1. The van der Waals surface area contributed by atoms with Gasteiger partial charge in [0.05, 0.1) is 6.54 Å². The van der Waals surface area contributed by atoms with Crippen molar-refractivity contribution in [1.29, 1.82) is 0 Å². The molecule has 1 saturated heterocycles. The number of nitrogens with zero attached hydrogens (tertiary/aromatic N) is 3. The molecule has 4 rings (SSSR count). The predicted octanol–water partition coefficient (Wildman–Crippen LogP) is 4.04. The summed E-state index contributed by atoms with van der Waals surface area (Å²) in [5.74, 6) is -2.64. The van der Waals surface area contributed by atoms with E-state index in [2.05, 4.69) is 4.98 Å². The van der Waals surface area contributed by atoms with Crippen molar-refractivity contribution < 1.29 is 19.5 Å². The highest BCUT2D eigenvalue weighted by Gasteiger charge is 2.36. The van der Waals surface area contributed by atoms with Crippen LogP contribution >= 0.6 is 0 Å². The Morgan fingerprint density at radius 2 is 1.85 bits per heavy atom. The van der Waals surface area contributed by atoms with Gasteiger partial charge in [-0.25, -0.2) is 0 Å². The van der Waals surface area contributed by atoms with Gasteiger partial charge in [-0.1, -0.05) is 42.5 Å². The number of fused-ring (bicyclic) bond motifs is 1. The Hall–Kier alpha value is -3.74. The van der Waals surface area contributed by atoms with Gasteiger partial charge in [-0.2, -0.15) is 0 Å². The zero-order valence-electron chi connectivity index (χ0n) is 19.3. The topological polar surface area (TPSA) is 90.8 Å². The van der Waals surface area contributed by atoms with Gasteiger partial charge in [0.2, 0.25) is 11.8 Å². The number of carbonyl (C=O) groups is 3. The standard InChI is InChI=1S/C27H29N3O4/c1-19(31)30(18-25(27(33)34)24-10-4-7-21-6-2-3-9-23(21)24)29-17-5-8-22(26(29)32)12-11-20-13-15-28-16-14-20/h2-4,6-7,9-10,13-16,22,25H,5,8,11-12,17-18H2,1H3,(H,33,34)/t22-,25-/m0/s1. The number of aliphatic carboxylic acids is 1.